The van der Waals surface area contributed by atoms with Gasteiger partial charge >= 0.3 is 5.97 Å². The highest BCUT2D eigenvalue weighted by atomic mass is 32.1. The number of phenols is 1. The highest BCUT2D eigenvalue weighted by Crippen LogP contribution is 2.40. The fraction of sp³-hybridized carbons (Fsp3) is 0.0714. The van der Waals surface area contributed by atoms with Crippen LogP contribution in [0.15, 0.2) is 36.4 Å². The number of carbonyl (C=O) groups is 1. The normalized spacial score (nSPS) is 10.9. The van der Waals surface area contributed by atoms with Crippen LogP contribution in [-0.4, -0.2) is 18.2 Å². The summed E-state index contributed by atoms with van der Waals surface area (Å²) in [5.74, 6) is -0.192. The lowest BCUT2D eigenvalue weighted by Crippen LogP contribution is -2.01. The fourth-order valence-corrected chi connectivity index (χ4v) is 3.24. The van der Waals surface area contributed by atoms with E-state index in [0.29, 0.717) is 5.56 Å². The molecule has 0 saturated heterocycles. The van der Waals surface area contributed by atoms with Crippen molar-refractivity contribution >= 4 is 37.5 Å². The second kappa shape index (κ2) is 3.99. The number of phenolic OH excluding ortho intramolecular Hbond substituents is 1. The summed E-state index contributed by atoms with van der Waals surface area (Å²) in [6.07, 6.45) is 0. The van der Waals surface area contributed by atoms with Crippen LogP contribution in [0.2, 0.25) is 0 Å². The molecule has 0 aliphatic heterocycles. The van der Waals surface area contributed by atoms with Crippen molar-refractivity contribution in [1.82, 2.24) is 0 Å². The summed E-state index contributed by atoms with van der Waals surface area (Å²) < 4.78 is 6.55. The summed E-state index contributed by atoms with van der Waals surface area (Å²) in [7, 11) is 1.36. The summed E-state index contributed by atoms with van der Waals surface area (Å²) in [5, 5.41) is 11.6. The summed E-state index contributed by atoms with van der Waals surface area (Å²) in [6.45, 7) is 0. The first kappa shape index (κ1) is 11.0. The van der Waals surface area contributed by atoms with Crippen LogP contribution in [0.3, 0.4) is 0 Å². The largest absolute Gasteiger partial charge is 0.506 e. The third kappa shape index (κ3) is 1.46. The molecule has 18 heavy (non-hydrogen) atoms. The number of thiophene rings is 1. The predicted molar refractivity (Wildman–Crippen MR) is 72.3 cm³/mol. The molecule has 0 spiro atoms. The molecule has 1 aromatic heterocycles. The molecule has 0 saturated carbocycles. The van der Waals surface area contributed by atoms with Gasteiger partial charge in [-0.2, -0.15) is 0 Å². The standard InChI is InChI=1S/C14H10O3S/c1-17-14(16)9-6-7-10(15)13-12(9)8-4-2-3-5-11(8)18-13/h2-7,15H,1H3. The first-order valence-electron chi connectivity index (χ1n) is 5.44. The van der Waals surface area contributed by atoms with Crippen LogP contribution in [0, 0.1) is 0 Å². The lowest BCUT2D eigenvalue weighted by Gasteiger charge is -2.03. The summed E-state index contributed by atoms with van der Waals surface area (Å²) in [5.41, 5.74) is 0.489. The number of aromatic hydroxyl groups is 1. The molecule has 0 aliphatic rings. The van der Waals surface area contributed by atoms with E-state index in [0.717, 1.165) is 20.2 Å². The molecule has 0 bridgehead atoms. The highest BCUT2D eigenvalue weighted by Gasteiger charge is 2.17. The van der Waals surface area contributed by atoms with Gasteiger partial charge in [0.2, 0.25) is 0 Å². The zero-order valence-electron chi connectivity index (χ0n) is 9.64. The summed E-state index contributed by atoms with van der Waals surface area (Å²) in [4.78, 5) is 11.8. The van der Waals surface area contributed by atoms with Gasteiger partial charge in [-0.25, -0.2) is 4.79 Å². The molecule has 90 valence electrons. The molecule has 2 aromatic carbocycles. The molecule has 0 radical (unpaired) electrons. The van der Waals surface area contributed by atoms with E-state index in [1.807, 2.05) is 24.3 Å². The SMILES string of the molecule is COC(=O)c1ccc(O)c2sc3ccccc3c12. The molecular formula is C14H10O3S. The maximum atomic E-state index is 11.8. The number of rotatable bonds is 1. The van der Waals surface area contributed by atoms with Gasteiger partial charge < -0.3 is 9.84 Å². The number of benzene rings is 2. The van der Waals surface area contributed by atoms with Crippen LogP contribution < -0.4 is 0 Å². The molecule has 0 unspecified atom stereocenters. The molecule has 1 heterocycles. The molecule has 3 nitrogen and oxygen atoms in total. The van der Waals surface area contributed by atoms with Crippen LogP contribution in [-0.2, 0) is 4.74 Å². The van der Waals surface area contributed by atoms with Crippen LogP contribution in [0.4, 0.5) is 0 Å². The molecule has 0 atom stereocenters. The van der Waals surface area contributed by atoms with Crippen molar-refractivity contribution in [2.45, 2.75) is 0 Å². The Kier molecular flexibility index (Phi) is 2.45. The van der Waals surface area contributed by atoms with Crippen molar-refractivity contribution in [3.05, 3.63) is 42.0 Å². The van der Waals surface area contributed by atoms with Gasteiger partial charge in [-0.1, -0.05) is 18.2 Å². The summed E-state index contributed by atoms with van der Waals surface area (Å²) >= 11 is 1.47. The Labute approximate surface area is 107 Å². The number of carbonyl (C=O) groups excluding carboxylic acids is 1. The first-order valence-corrected chi connectivity index (χ1v) is 6.25. The van der Waals surface area contributed by atoms with Gasteiger partial charge in [-0.3, -0.25) is 0 Å². The second-order valence-electron chi connectivity index (χ2n) is 3.93. The Balaban J connectivity index is 2.51. The van der Waals surface area contributed by atoms with E-state index in [4.69, 9.17) is 4.74 Å². The van der Waals surface area contributed by atoms with Gasteiger partial charge in [-0.05, 0) is 18.2 Å². The van der Waals surface area contributed by atoms with E-state index in [1.54, 1.807) is 6.07 Å². The zero-order chi connectivity index (χ0) is 12.7. The van der Waals surface area contributed by atoms with Crippen LogP contribution in [0.1, 0.15) is 10.4 Å². The average Bonchev–Trinajstić information content (AvgIpc) is 2.79. The van der Waals surface area contributed by atoms with Gasteiger partial charge in [0.1, 0.15) is 5.75 Å². The van der Waals surface area contributed by atoms with Gasteiger partial charge in [-0.15, -0.1) is 11.3 Å². The lowest BCUT2D eigenvalue weighted by atomic mass is 10.1. The minimum absolute atomic E-state index is 0.193. The second-order valence-corrected chi connectivity index (χ2v) is 4.98. The van der Waals surface area contributed by atoms with Crippen molar-refractivity contribution in [3.8, 4) is 5.75 Å². The Hall–Kier alpha value is -2.07. The maximum Gasteiger partial charge on any atom is 0.338 e. The monoisotopic (exact) mass is 258 g/mol. The van der Waals surface area contributed by atoms with Crippen LogP contribution in [0.5, 0.6) is 5.75 Å². The fourth-order valence-electron chi connectivity index (χ4n) is 2.09. The smallest absolute Gasteiger partial charge is 0.338 e. The highest BCUT2D eigenvalue weighted by molar-refractivity contribution is 7.26. The predicted octanol–water partition coefficient (Wildman–Crippen LogP) is 3.55. The first-order chi connectivity index (χ1) is 8.72. The Morgan fingerprint density at radius 1 is 1.22 bits per heavy atom. The average molecular weight is 258 g/mol. The Bertz CT molecular complexity index is 758. The number of fused-ring (bicyclic) bond motifs is 3. The van der Waals surface area contributed by atoms with E-state index in [-0.39, 0.29) is 11.7 Å². The van der Waals surface area contributed by atoms with Crippen molar-refractivity contribution in [2.24, 2.45) is 0 Å². The van der Waals surface area contributed by atoms with Crippen LogP contribution in [0.25, 0.3) is 20.2 Å². The number of ether oxygens (including phenoxy) is 1. The van der Waals surface area contributed by atoms with E-state index >= 15 is 0 Å². The Morgan fingerprint density at radius 3 is 2.78 bits per heavy atom. The van der Waals surface area contributed by atoms with Crippen molar-refractivity contribution in [3.63, 3.8) is 0 Å². The minimum atomic E-state index is -0.386. The molecule has 0 aliphatic carbocycles. The maximum absolute atomic E-state index is 11.8. The quantitative estimate of drug-likeness (QED) is 0.679. The van der Waals surface area contributed by atoms with Crippen molar-refractivity contribution < 1.29 is 14.6 Å². The number of hydrogen-bond donors (Lipinski definition) is 1. The lowest BCUT2D eigenvalue weighted by molar-refractivity contribution is 0.0603. The Morgan fingerprint density at radius 2 is 2.00 bits per heavy atom. The van der Waals surface area contributed by atoms with E-state index in [1.165, 1.54) is 24.5 Å². The molecule has 1 N–H and O–H groups in total. The molecule has 4 heteroatoms. The molecule has 0 fully saturated rings. The number of esters is 1. The number of hydrogen-bond acceptors (Lipinski definition) is 4. The van der Waals surface area contributed by atoms with Gasteiger partial charge in [0, 0.05) is 15.5 Å². The third-order valence-corrected chi connectivity index (χ3v) is 4.10. The topological polar surface area (TPSA) is 46.5 Å². The van der Waals surface area contributed by atoms with E-state index in [2.05, 4.69) is 0 Å². The van der Waals surface area contributed by atoms with Crippen molar-refractivity contribution in [1.29, 1.82) is 0 Å². The molecular weight excluding hydrogens is 248 g/mol. The van der Waals surface area contributed by atoms with E-state index < -0.39 is 0 Å². The number of methoxy groups -OCH3 is 1. The molecule has 3 rings (SSSR count). The van der Waals surface area contributed by atoms with Gasteiger partial charge in [0.15, 0.2) is 0 Å². The van der Waals surface area contributed by atoms with Gasteiger partial charge in [0.05, 0.1) is 17.4 Å². The van der Waals surface area contributed by atoms with Crippen LogP contribution >= 0.6 is 11.3 Å². The van der Waals surface area contributed by atoms with E-state index in [9.17, 15) is 9.90 Å². The minimum Gasteiger partial charge on any atom is -0.506 e. The van der Waals surface area contributed by atoms with Gasteiger partial charge in [0.25, 0.3) is 0 Å². The molecule has 0 amide bonds. The summed E-state index contributed by atoms with van der Waals surface area (Å²) in [6, 6.07) is 10.9. The van der Waals surface area contributed by atoms with Crippen molar-refractivity contribution in [2.75, 3.05) is 7.11 Å². The molecule has 3 aromatic rings. The zero-order valence-corrected chi connectivity index (χ0v) is 10.5. The third-order valence-electron chi connectivity index (χ3n) is 2.91.